The van der Waals surface area contributed by atoms with Crippen molar-refractivity contribution >= 4 is 0 Å². The first kappa shape index (κ1) is 7.28. The topological polar surface area (TPSA) is 52.0 Å². The lowest BCUT2D eigenvalue weighted by Gasteiger charge is -1.89. The van der Waals surface area contributed by atoms with Crippen molar-refractivity contribution in [2.45, 2.75) is 20.3 Å². The van der Waals surface area contributed by atoms with Gasteiger partial charge in [0.25, 0.3) is 0 Å². The van der Waals surface area contributed by atoms with Crippen molar-refractivity contribution in [1.29, 1.82) is 0 Å². The third-order valence-corrected chi connectivity index (χ3v) is 1.38. The van der Waals surface area contributed by atoms with E-state index in [0.717, 1.165) is 23.8 Å². The predicted octanol–water partition coefficient (Wildman–Crippen LogP) is 0.793. The van der Waals surface area contributed by atoms with Crippen molar-refractivity contribution < 1.29 is 4.42 Å². The fourth-order valence-electron chi connectivity index (χ4n) is 0.941. The molecule has 0 fully saturated rings. The smallest absolute Gasteiger partial charge is 0.191 e. The fourth-order valence-corrected chi connectivity index (χ4v) is 0.941. The van der Waals surface area contributed by atoms with E-state index in [2.05, 4.69) is 4.98 Å². The maximum absolute atomic E-state index is 5.36. The second-order valence-electron chi connectivity index (χ2n) is 2.27. The number of hydrogen-bond donors (Lipinski definition) is 1. The lowest BCUT2D eigenvalue weighted by molar-refractivity contribution is 0.492. The molecule has 1 aromatic rings. The van der Waals surface area contributed by atoms with E-state index in [1.165, 1.54) is 0 Å². The van der Waals surface area contributed by atoms with Crippen LogP contribution in [0.1, 0.15) is 17.3 Å². The molecule has 0 aromatic carbocycles. The largest absolute Gasteiger partial charge is 0.446 e. The Balaban J connectivity index is 2.81. The molecule has 0 saturated heterocycles. The van der Waals surface area contributed by atoms with Gasteiger partial charge in [0.05, 0.1) is 5.69 Å². The van der Waals surface area contributed by atoms with Crippen LogP contribution in [0.15, 0.2) is 4.42 Å². The van der Waals surface area contributed by atoms with Gasteiger partial charge in [0.1, 0.15) is 5.76 Å². The molecular formula is C7H12N2O. The van der Waals surface area contributed by atoms with Gasteiger partial charge in [-0.1, -0.05) is 0 Å². The molecule has 1 rings (SSSR count). The highest BCUT2D eigenvalue weighted by Gasteiger charge is 2.03. The second kappa shape index (κ2) is 2.84. The second-order valence-corrected chi connectivity index (χ2v) is 2.27. The maximum atomic E-state index is 5.36. The molecule has 0 atom stereocenters. The summed E-state index contributed by atoms with van der Waals surface area (Å²) in [5.74, 6) is 1.61. The van der Waals surface area contributed by atoms with Crippen LogP contribution in [-0.4, -0.2) is 11.5 Å². The molecule has 0 spiro atoms. The molecule has 2 N–H and O–H groups in total. The van der Waals surface area contributed by atoms with E-state index >= 15 is 0 Å². The summed E-state index contributed by atoms with van der Waals surface area (Å²) in [6.07, 6.45) is 0.809. The molecule has 0 bridgehead atoms. The van der Waals surface area contributed by atoms with Crippen LogP contribution >= 0.6 is 0 Å². The summed E-state index contributed by atoms with van der Waals surface area (Å²) >= 11 is 0. The van der Waals surface area contributed by atoms with Crippen molar-refractivity contribution in [2.75, 3.05) is 6.54 Å². The Labute approximate surface area is 60.2 Å². The summed E-state index contributed by atoms with van der Waals surface area (Å²) < 4.78 is 5.20. The Hall–Kier alpha value is -0.830. The van der Waals surface area contributed by atoms with Gasteiger partial charge in [0, 0.05) is 13.3 Å². The van der Waals surface area contributed by atoms with Crippen LogP contribution in [0.3, 0.4) is 0 Å². The van der Waals surface area contributed by atoms with Crippen LogP contribution in [0.2, 0.25) is 0 Å². The van der Waals surface area contributed by atoms with Crippen molar-refractivity contribution in [3.8, 4) is 0 Å². The highest BCUT2D eigenvalue weighted by molar-refractivity contribution is 5.07. The molecule has 10 heavy (non-hydrogen) atoms. The normalized spacial score (nSPS) is 10.3. The monoisotopic (exact) mass is 140 g/mol. The Kier molecular flexibility index (Phi) is 2.06. The van der Waals surface area contributed by atoms with Crippen molar-refractivity contribution in [1.82, 2.24) is 4.98 Å². The van der Waals surface area contributed by atoms with E-state index in [1.807, 2.05) is 13.8 Å². The van der Waals surface area contributed by atoms with Gasteiger partial charge in [-0.15, -0.1) is 0 Å². The maximum Gasteiger partial charge on any atom is 0.191 e. The van der Waals surface area contributed by atoms with Crippen molar-refractivity contribution in [2.24, 2.45) is 5.73 Å². The van der Waals surface area contributed by atoms with Gasteiger partial charge in [-0.05, 0) is 13.5 Å². The van der Waals surface area contributed by atoms with E-state index in [9.17, 15) is 0 Å². The molecule has 1 aromatic heterocycles. The SMILES string of the molecule is Cc1nc(CCN)c(C)o1. The van der Waals surface area contributed by atoms with Crippen LogP contribution in [-0.2, 0) is 6.42 Å². The molecule has 3 nitrogen and oxygen atoms in total. The number of nitrogens with two attached hydrogens (primary N) is 1. The number of aryl methyl sites for hydroxylation is 2. The molecule has 0 aliphatic rings. The highest BCUT2D eigenvalue weighted by atomic mass is 16.4. The van der Waals surface area contributed by atoms with E-state index in [-0.39, 0.29) is 0 Å². The molecule has 1 heterocycles. The molecule has 0 radical (unpaired) electrons. The van der Waals surface area contributed by atoms with E-state index in [1.54, 1.807) is 0 Å². The van der Waals surface area contributed by atoms with Gasteiger partial charge in [-0.25, -0.2) is 4.98 Å². The highest BCUT2D eigenvalue weighted by Crippen LogP contribution is 2.08. The molecule has 3 heteroatoms. The third-order valence-electron chi connectivity index (χ3n) is 1.38. The zero-order valence-electron chi connectivity index (χ0n) is 6.35. The number of rotatable bonds is 2. The van der Waals surface area contributed by atoms with Crippen molar-refractivity contribution in [3.63, 3.8) is 0 Å². The average molecular weight is 140 g/mol. The number of hydrogen-bond acceptors (Lipinski definition) is 3. The minimum atomic E-state index is 0.632. The number of nitrogens with zero attached hydrogens (tertiary/aromatic N) is 1. The van der Waals surface area contributed by atoms with Crippen molar-refractivity contribution in [3.05, 3.63) is 17.3 Å². The van der Waals surface area contributed by atoms with E-state index in [4.69, 9.17) is 10.2 Å². The summed E-state index contributed by atoms with van der Waals surface area (Å²) in [7, 11) is 0. The summed E-state index contributed by atoms with van der Waals surface area (Å²) in [6.45, 7) is 4.38. The lowest BCUT2D eigenvalue weighted by Crippen LogP contribution is -2.03. The molecule has 0 saturated carbocycles. The Morgan fingerprint density at radius 3 is 2.60 bits per heavy atom. The van der Waals surface area contributed by atoms with Gasteiger partial charge in [-0.3, -0.25) is 0 Å². The fraction of sp³-hybridized carbons (Fsp3) is 0.571. The minimum Gasteiger partial charge on any atom is -0.446 e. The number of aromatic nitrogens is 1. The zero-order valence-corrected chi connectivity index (χ0v) is 6.35. The minimum absolute atomic E-state index is 0.632. The van der Waals surface area contributed by atoms with Crippen LogP contribution in [0.25, 0.3) is 0 Å². The Morgan fingerprint density at radius 2 is 2.20 bits per heavy atom. The summed E-state index contributed by atoms with van der Waals surface area (Å²) in [5, 5.41) is 0. The predicted molar refractivity (Wildman–Crippen MR) is 38.7 cm³/mol. The summed E-state index contributed by atoms with van der Waals surface area (Å²) in [4.78, 5) is 4.15. The van der Waals surface area contributed by atoms with Gasteiger partial charge in [0.2, 0.25) is 0 Å². The van der Waals surface area contributed by atoms with E-state index < -0.39 is 0 Å². The van der Waals surface area contributed by atoms with Crippen LogP contribution < -0.4 is 5.73 Å². The first-order valence-electron chi connectivity index (χ1n) is 3.37. The first-order valence-corrected chi connectivity index (χ1v) is 3.37. The Bertz CT molecular complexity index is 217. The lowest BCUT2D eigenvalue weighted by atomic mass is 10.3. The Morgan fingerprint density at radius 1 is 1.50 bits per heavy atom. The zero-order chi connectivity index (χ0) is 7.56. The summed E-state index contributed by atoms with van der Waals surface area (Å²) in [6, 6.07) is 0. The van der Waals surface area contributed by atoms with Gasteiger partial charge < -0.3 is 10.2 Å². The number of oxazole rings is 1. The molecule has 0 aliphatic carbocycles. The quantitative estimate of drug-likeness (QED) is 0.660. The molecule has 56 valence electrons. The third kappa shape index (κ3) is 1.36. The van der Waals surface area contributed by atoms with Gasteiger partial charge in [0.15, 0.2) is 5.89 Å². The van der Waals surface area contributed by atoms with Crippen LogP contribution in [0.5, 0.6) is 0 Å². The molecule has 0 unspecified atom stereocenters. The average Bonchev–Trinajstić information content (AvgIpc) is 2.13. The van der Waals surface area contributed by atoms with E-state index in [0.29, 0.717) is 6.54 Å². The molecular weight excluding hydrogens is 128 g/mol. The van der Waals surface area contributed by atoms with Gasteiger partial charge in [-0.2, -0.15) is 0 Å². The summed E-state index contributed by atoms with van der Waals surface area (Å²) in [5.41, 5.74) is 6.34. The molecule has 0 amide bonds. The van der Waals surface area contributed by atoms with Gasteiger partial charge >= 0.3 is 0 Å². The van der Waals surface area contributed by atoms with Crippen LogP contribution in [0.4, 0.5) is 0 Å². The first-order chi connectivity index (χ1) is 4.74. The standard InChI is InChI=1S/C7H12N2O/c1-5-7(3-4-8)9-6(2)10-5/h3-4,8H2,1-2H3. The molecule has 0 aliphatic heterocycles. The van der Waals surface area contributed by atoms with Crippen LogP contribution in [0, 0.1) is 13.8 Å².